The Bertz CT molecular complexity index is 1330. The third-order valence-corrected chi connectivity index (χ3v) is 7.28. The lowest BCUT2D eigenvalue weighted by Crippen LogP contribution is -2.41. The predicted molar refractivity (Wildman–Crippen MR) is 129 cm³/mol. The number of hydrogen-bond donors (Lipinski definition) is 1. The van der Waals surface area contributed by atoms with Gasteiger partial charge in [0.25, 0.3) is 5.69 Å². The highest BCUT2D eigenvalue weighted by atomic mass is 35.5. The molecule has 0 aliphatic carbocycles. The summed E-state index contributed by atoms with van der Waals surface area (Å²) < 4.78 is 38.8. The maximum Gasteiger partial charge on any atom is 0.277 e. The van der Waals surface area contributed by atoms with E-state index in [1.165, 1.54) is 44.6 Å². The highest BCUT2D eigenvalue weighted by Gasteiger charge is 2.38. The van der Waals surface area contributed by atoms with Crippen LogP contribution in [0.5, 0.6) is 11.5 Å². The number of carbonyl (C=O) groups excluding carboxylic acids is 1. The molecule has 10 nitrogen and oxygen atoms in total. The monoisotopic (exact) mass is 519 g/mol. The number of ether oxygens (including phenoxy) is 2. The highest BCUT2D eigenvalue weighted by molar-refractivity contribution is 7.89. The molecule has 3 rings (SSSR count). The van der Waals surface area contributed by atoms with Crippen molar-refractivity contribution in [1.82, 2.24) is 4.31 Å². The Balaban J connectivity index is 2.26. The normalized spacial score (nSPS) is 12.2. The van der Waals surface area contributed by atoms with Gasteiger partial charge in [0.2, 0.25) is 15.9 Å². The molecule has 0 spiro atoms. The summed E-state index contributed by atoms with van der Waals surface area (Å²) in [5, 5.41) is 12.1. The molecule has 1 atom stereocenters. The highest BCUT2D eigenvalue weighted by Crippen LogP contribution is 2.38. The van der Waals surface area contributed by atoms with Crippen molar-refractivity contribution >= 4 is 33.2 Å². The summed E-state index contributed by atoms with van der Waals surface area (Å²) in [6.45, 7) is -0.565. The van der Waals surface area contributed by atoms with Crippen molar-refractivity contribution in [2.24, 2.45) is 5.73 Å². The third kappa shape index (κ3) is 5.53. The van der Waals surface area contributed by atoms with Crippen LogP contribution in [0.25, 0.3) is 0 Å². The van der Waals surface area contributed by atoms with Gasteiger partial charge in [-0.05, 0) is 35.9 Å². The second-order valence-electron chi connectivity index (χ2n) is 7.31. The van der Waals surface area contributed by atoms with E-state index in [0.717, 1.165) is 10.4 Å². The van der Waals surface area contributed by atoms with Crippen LogP contribution < -0.4 is 15.2 Å². The van der Waals surface area contributed by atoms with Crippen molar-refractivity contribution < 1.29 is 27.6 Å². The SMILES string of the molecule is COc1cc(CN(C(C(N)=O)c2ccccc2)S(=O)(=O)c2ccc(Cl)cc2)c([N+](=O)[O-])cc1OC. The summed E-state index contributed by atoms with van der Waals surface area (Å²) in [6, 6.07) is 14.3. The van der Waals surface area contributed by atoms with Gasteiger partial charge < -0.3 is 15.2 Å². The number of benzene rings is 3. The molecule has 1 unspecified atom stereocenters. The molecule has 0 bridgehead atoms. The van der Waals surface area contributed by atoms with E-state index in [4.69, 9.17) is 26.8 Å². The standard InChI is InChI=1S/C23H22ClN3O7S/c1-33-20-12-16(19(27(29)30)13-21(20)34-2)14-26(22(23(25)28)15-6-4-3-5-7-15)35(31,32)18-10-8-17(24)9-11-18/h3-13,22H,14H2,1-2H3,(H2,25,28). The maximum atomic E-state index is 13.8. The summed E-state index contributed by atoms with van der Waals surface area (Å²) in [4.78, 5) is 23.6. The fraction of sp³-hybridized carbons (Fsp3) is 0.174. The molecule has 1 amide bonds. The quantitative estimate of drug-likeness (QED) is 0.318. The van der Waals surface area contributed by atoms with E-state index in [-0.39, 0.29) is 22.0 Å². The van der Waals surface area contributed by atoms with Crippen molar-refractivity contribution in [2.75, 3.05) is 14.2 Å². The summed E-state index contributed by atoms with van der Waals surface area (Å²) in [6.07, 6.45) is 0. The Labute approximate surface area is 207 Å². The van der Waals surface area contributed by atoms with Crippen molar-refractivity contribution in [3.63, 3.8) is 0 Å². The van der Waals surface area contributed by atoms with Gasteiger partial charge in [0.05, 0.1) is 30.1 Å². The lowest BCUT2D eigenvalue weighted by Gasteiger charge is -2.29. The minimum Gasteiger partial charge on any atom is -0.493 e. The van der Waals surface area contributed by atoms with Gasteiger partial charge in [0.1, 0.15) is 6.04 Å². The number of nitrogens with two attached hydrogens (primary N) is 1. The molecule has 0 aliphatic rings. The van der Waals surface area contributed by atoms with Crippen LogP contribution >= 0.6 is 11.6 Å². The third-order valence-electron chi connectivity index (χ3n) is 5.20. The van der Waals surface area contributed by atoms with E-state index < -0.39 is 39.1 Å². The Kier molecular flexibility index (Phi) is 7.95. The smallest absolute Gasteiger partial charge is 0.277 e. The Hall–Kier alpha value is -3.67. The second kappa shape index (κ2) is 10.7. The van der Waals surface area contributed by atoms with Gasteiger partial charge in [-0.25, -0.2) is 8.42 Å². The van der Waals surface area contributed by atoms with Gasteiger partial charge >= 0.3 is 0 Å². The number of halogens is 1. The fourth-order valence-electron chi connectivity index (χ4n) is 3.54. The molecule has 0 radical (unpaired) electrons. The first-order valence-corrected chi connectivity index (χ1v) is 11.9. The van der Waals surface area contributed by atoms with Gasteiger partial charge in [0.15, 0.2) is 11.5 Å². The van der Waals surface area contributed by atoms with Crippen LogP contribution in [0.15, 0.2) is 71.6 Å². The van der Waals surface area contributed by atoms with E-state index in [0.29, 0.717) is 10.6 Å². The molecule has 0 aliphatic heterocycles. The number of rotatable bonds is 10. The minimum absolute atomic E-state index is 0.0348. The number of sulfonamides is 1. The van der Waals surface area contributed by atoms with Crippen LogP contribution in [-0.2, 0) is 21.4 Å². The van der Waals surface area contributed by atoms with E-state index in [2.05, 4.69) is 0 Å². The van der Waals surface area contributed by atoms with Crippen LogP contribution in [-0.4, -0.2) is 37.8 Å². The molecule has 3 aromatic rings. The average molecular weight is 520 g/mol. The predicted octanol–water partition coefficient (Wildman–Crippen LogP) is 3.68. The van der Waals surface area contributed by atoms with Crippen molar-refractivity contribution in [3.05, 3.63) is 93.0 Å². The summed E-state index contributed by atoms with van der Waals surface area (Å²) in [7, 11) is -1.75. The van der Waals surface area contributed by atoms with Crippen molar-refractivity contribution in [2.45, 2.75) is 17.5 Å². The lowest BCUT2D eigenvalue weighted by atomic mass is 10.1. The molecule has 3 aromatic carbocycles. The summed E-state index contributed by atoms with van der Waals surface area (Å²) >= 11 is 5.91. The van der Waals surface area contributed by atoms with E-state index in [1.54, 1.807) is 30.3 Å². The van der Waals surface area contributed by atoms with Gasteiger partial charge in [0, 0.05) is 17.1 Å². The molecule has 0 heterocycles. The van der Waals surface area contributed by atoms with Crippen molar-refractivity contribution in [1.29, 1.82) is 0 Å². The number of nitro groups is 1. The number of amides is 1. The minimum atomic E-state index is -4.41. The topological polar surface area (TPSA) is 142 Å². The first-order valence-electron chi connectivity index (χ1n) is 10.1. The first kappa shape index (κ1) is 25.9. The zero-order valence-electron chi connectivity index (χ0n) is 18.8. The Morgan fingerprint density at radius 3 is 2.14 bits per heavy atom. The molecular weight excluding hydrogens is 498 g/mol. The van der Waals surface area contributed by atoms with Gasteiger partial charge in [-0.15, -0.1) is 0 Å². The Morgan fingerprint density at radius 2 is 1.63 bits per heavy atom. The van der Waals surface area contributed by atoms with Gasteiger partial charge in [-0.3, -0.25) is 14.9 Å². The lowest BCUT2D eigenvalue weighted by molar-refractivity contribution is -0.385. The number of carbonyl (C=O) groups is 1. The molecule has 0 fully saturated rings. The maximum absolute atomic E-state index is 13.8. The first-order chi connectivity index (χ1) is 16.6. The van der Waals surface area contributed by atoms with E-state index in [9.17, 15) is 23.3 Å². The number of nitro benzene ring substituents is 1. The van der Waals surface area contributed by atoms with Crippen LogP contribution in [0.2, 0.25) is 5.02 Å². The second-order valence-corrected chi connectivity index (χ2v) is 9.64. The number of nitrogens with zero attached hydrogens (tertiary/aromatic N) is 2. The van der Waals surface area contributed by atoms with Crippen LogP contribution in [0, 0.1) is 10.1 Å². The number of methoxy groups -OCH3 is 2. The average Bonchev–Trinajstić information content (AvgIpc) is 2.83. The molecular formula is C23H22ClN3O7S. The van der Waals surface area contributed by atoms with E-state index in [1.807, 2.05) is 0 Å². The van der Waals surface area contributed by atoms with Crippen LogP contribution in [0.1, 0.15) is 17.2 Å². The molecule has 0 saturated heterocycles. The molecule has 35 heavy (non-hydrogen) atoms. The number of hydrogen-bond acceptors (Lipinski definition) is 7. The van der Waals surface area contributed by atoms with Crippen LogP contribution in [0.3, 0.4) is 0 Å². The fourth-order valence-corrected chi connectivity index (χ4v) is 5.23. The number of primary amides is 1. The molecule has 0 aromatic heterocycles. The zero-order valence-corrected chi connectivity index (χ0v) is 20.3. The van der Waals surface area contributed by atoms with Gasteiger partial charge in [-0.2, -0.15) is 4.31 Å². The van der Waals surface area contributed by atoms with Crippen molar-refractivity contribution in [3.8, 4) is 11.5 Å². The largest absolute Gasteiger partial charge is 0.493 e. The molecule has 12 heteroatoms. The molecule has 0 saturated carbocycles. The molecule has 2 N–H and O–H groups in total. The summed E-state index contributed by atoms with van der Waals surface area (Å²) in [5.41, 5.74) is 5.51. The van der Waals surface area contributed by atoms with Gasteiger partial charge in [-0.1, -0.05) is 41.9 Å². The van der Waals surface area contributed by atoms with E-state index >= 15 is 0 Å². The Morgan fingerprint density at radius 1 is 1.06 bits per heavy atom. The summed E-state index contributed by atoms with van der Waals surface area (Å²) in [5.74, 6) is -0.728. The zero-order chi connectivity index (χ0) is 25.8. The molecule has 184 valence electrons. The van der Waals surface area contributed by atoms with Crippen LogP contribution in [0.4, 0.5) is 5.69 Å².